The van der Waals surface area contributed by atoms with Crippen molar-refractivity contribution in [3.8, 4) is 0 Å². The van der Waals surface area contributed by atoms with E-state index in [4.69, 9.17) is 4.74 Å². The number of rotatable bonds is 8. The fourth-order valence-corrected chi connectivity index (χ4v) is 2.88. The number of ketones is 1. The molecule has 1 aliphatic heterocycles. The fourth-order valence-electron chi connectivity index (χ4n) is 2.88. The van der Waals surface area contributed by atoms with Crippen LogP contribution in [0.5, 0.6) is 0 Å². The zero-order chi connectivity index (χ0) is 18.2. The minimum atomic E-state index is -0.951. The van der Waals surface area contributed by atoms with E-state index in [1.54, 1.807) is 4.90 Å². The molecule has 1 heterocycles. The summed E-state index contributed by atoms with van der Waals surface area (Å²) in [7, 11) is 0. The Bertz CT molecular complexity index is 632. The summed E-state index contributed by atoms with van der Waals surface area (Å²) in [5.41, 5.74) is 0.842. The zero-order valence-electron chi connectivity index (χ0n) is 13.9. The maximum Gasteiger partial charge on any atom is 0.407 e. The van der Waals surface area contributed by atoms with Crippen LogP contribution in [0.25, 0.3) is 0 Å². The molecule has 7 heteroatoms. The molecule has 2 rings (SSSR count). The molecule has 2 N–H and O–H groups in total. The highest BCUT2D eigenvalue weighted by Gasteiger charge is 2.36. The molecular weight excluding hydrogens is 324 g/mol. The third kappa shape index (κ3) is 5.15. The average Bonchev–Trinajstić information content (AvgIpc) is 3.09. The van der Waals surface area contributed by atoms with E-state index >= 15 is 0 Å². The predicted molar refractivity (Wildman–Crippen MR) is 91.0 cm³/mol. The Hall–Kier alpha value is -2.67. The van der Waals surface area contributed by atoms with Crippen molar-refractivity contribution in [1.82, 2.24) is 10.2 Å². The van der Waals surface area contributed by atoms with Gasteiger partial charge in [-0.15, -0.1) is 6.58 Å². The van der Waals surface area contributed by atoms with Crippen molar-refractivity contribution in [3.63, 3.8) is 0 Å². The monoisotopic (exact) mass is 346 g/mol. The average molecular weight is 346 g/mol. The Morgan fingerprint density at radius 2 is 2.08 bits per heavy atom. The number of carbonyl (C=O) groups is 3. The summed E-state index contributed by atoms with van der Waals surface area (Å²) in [6.07, 6.45) is 1.93. The van der Waals surface area contributed by atoms with Crippen LogP contribution in [0.15, 0.2) is 43.0 Å². The fraction of sp³-hybridized carbons (Fsp3) is 0.389. The van der Waals surface area contributed by atoms with Crippen LogP contribution in [0.4, 0.5) is 4.79 Å². The first kappa shape index (κ1) is 18.7. The molecule has 0 aromatic heterocycles. The van der Waals surface area contributed by atoms with E-state index in [2.05, 4.69) is 11.9 Å². The number of nitrogens with one attached hydrogen (secondary N) is 1. The number of carboxylic acid groups (broad SMARTS) is 1. The number of likely N-dealkylation sites (tertiary alicyclic amines) is 1. The molecule has 134 valence electrons. The second-order valence-corrected chi connectivity index (χ2v) is 5.80. The van der Waals surface area contributed by atoms with E-state index in [9.17, 15) is 19.5 Å². The first-order chi connectivity index (χ1) is 12.0. The minimum Gasteiger partial charge on any atom is -0.480 e. The first-order valence-electron chi connectivity index (χ1n) is 8.11. The number of carboxylic acids is 1. The zero-order valence-corrected chi connectivity index (χ0v) is 13.9. The van der Waals surface area contributed by atoms with Crippen molar-refractivity contribution in [3.05, 3.63) is 48.6 Å². The highest BCUT2D eigenvalue weighted by atomic mass is 16.5. The van der Waals surface area contributed by atoms with E-state index in [1.807, 2.05) is 30.3 Å². The van der Waals surface area contributed by atoms with Gasteiger partial charge in [0.25, 0.3) is 0 Å². The van der Waals surface area contributed by atoms with Gasteiger partial charge in [0.05, 0.1) is 12.6 Å². The molecule has 7 nitrogen and oxygen atoms in total. The summed E-state index contributed by atoms with van der Waals surface area (Å²) >= 11 is 0. The van der Waals surface area contributed by atoms with Crippen LogP contribution in [-0.2, 0) is 20.9 Å². The summed E-state index contributed by atoms with van der Waals surface area (Å²) in [6, 6.07) is 7.75. The normalized spacial score (nSPS) is 18.3. The highest BCUT2D eigenvalue weighted by molar-refractivity contribution is 5.90. The van der Waals surface area contributed by atoms with E-state index in [0.717, 1.165) is 5.56 Å². The molecule has 2 unspecified atom stereocenters. The topological polar surface area (TPSA) is 95.9 Å². The van der Waals surface area contributed by atoms with Crippen molar-refractivity contribution in [2.24, 2.45) is 0 Å². The standard InChI is InChI=1S/C18H22N2O5/c1-2-14(20-10-6-9-15(20)17(22)23)16(21)11-19-18(24)25-12-13-7-4-3-5-8-13/h2-5,7-8,14-15H,1,6,9-12H2,(H,19,24)(H,22,23). The van der Waals surface area contributed by atoms with Crippen molar-refractivity contribution in [2.45, 2.75) is 31.5 Å². The number of carbonyl (C=O) groups excluding carboxylic acids is 2. The second kappa shape index (κ2) is 8.98. The molecule has 0 aliphatic carbocycles. The Morgan fingerprint density at radius 3 is 2.72 bits per heavy atom. The summed E-state index contributed by atoms with van der Waals surface area (Å²) in [5, 5.41) is 11.6. The SMILES string of the molecule is C=CC(C(=O)CNC(=O)OCc1ccccc1)N1CCCC1C(=O)O. The molecule has 1 amide bonds. The molecule has 2 atom stereocenters. The smallest absolute Gasteiger partial charge is 0.407 e. The minimum absolute atomic E-state index is 0.110. The van der Waals surface area contributed by atoms with Crippen LogP contribution in [0, 0.1) is 0 Å². The van der Waals surface area contributed by atoms with Gasteiger partial charge < -0.3 is 15.2 Å². The Balaban J connectivity index is 1.82. The van der Waals surface area contributed by atoms with Crippen LogP contribution in [0.2, 0.25) is 0 Å². The quantitative estimate of drug-likeness (QED) is 0.694. The van der Waals surface area contributed by atoms with Crippen molar-refractivity contribution in [2.75, 3.05) is 13.1 Å². The van der Waals surface area contributed by atoms with Gasteiger partial charge in [-0.1, -0.05) is 36.4 Å². The third-order valence-corrected chi connectivity index (χ3v) is 4.11. The van der Waals surface area contributed by atoms with E-state index in [1.165, 1.54) is 6.08 Å². The first-order valence-corrected chi connectivity index (χ1v) is 8.11. The maximum absolute atomic E-state index is 12.3. The highest BCUT2D eigenvalue weighted by Crippen LogP contribution is 2.21. The van der Waals surface area contributed by atoms with Crippen LogP contribution in [-0.4, -0.2) is 53.0 Å². The summed E-state index contributed by atoms with van der Waals surface area (Å²) < 4.78 is 5.04. The van der Waals surface area contributed by atoms with Gasteiger partial charge in [-0.3, -0.25) is 14.5 Å². The molecule has 1 aliphatic rings. The van der Waals surface area contributed by atoms with Gasteiger partial charge in [-0.05, 0) is 18.4 Å². The molecule has 0 saturated carbocycles. The number of hydrogen-bond donors (Lipinski definition) is 2. The van der Waals surface area contributed by atoms with Gasteiger partial charge in [0.2, 0.25) is 0 Å². The number of benzene rings is 1. The molecule has 1 saturated heterocycles. The molecule has 1 fully saturated rings. The largest absolute Gasteiger partial charge is 0.480 e. The Labute approximate surface area is 146 Å². The van der Waals surface area contributed by atoms with Crippen molar-refractivity contribution in [1.29, 1.82) is 0 Å². The van der Waals surface area contributed by atoms with Crippen LogP contribution in [0.1, 0.15) is 18.4 Å². The van der Waals surface area contributed by atoms with E-state index in [0.29, 0.717) is 19.4 Å². The van der Waals surface area contributed by atoms with Crippen LogP contribution < -0.4 is 5.32 Å². The molecule has 25 heavy (non-hydrogen) atoms. The summed E-state index contributed by atoms with van der Waals surface area (Å²) in [4.78, 5) is 36.9. The van der Waals surface area contributed by atoms with Crippen LogP contribution >= 0.6 is 0 Å². The lowest BCUT2D eigenvalue weighted by Crippen LogP contribution is -2.48. The maximum atomic E-state index is 12.3. The van der Waals surface area contributed by atoms with Gasteiger partial charge >= 0.3 is 12.1 Å². The lowest BCUT2D eigenvalue weighted by Gasteiger charge is -2.27. The second-order valence-electron chi connectivity index (χ2n) is 5.80. The van der Waals surface area contributed by atoms with Crippen LogP contribution in [0.3, 0.4) is 0 Å². The third-order valence-electron chi connectivity index (χ3n) is 4.11. The van der Waals surface area contributed by atoms with Crippen molar-refractivity contribution < 1.29 is 24.2 Å². The number of aliphatic carboxylic acids is 1. The van der Waals surface area contributed by atoms with E-state index < -0.39 is 24.1 Å². The lowest BCUT2D eigenvalue weighted by molar-refractivity contribution is -0.143. The molecule has 1 aromatic carbocycles. The van der Waals surface area contributed by atoms with Gasteiger partial charge in [-0.2, -0.15) is 0 Å². The van der Waals surface area contributed by atoms with Crippen molar-refractivity contribution >= 4 is 17.8 Å². The summed E-state index contributed by atoms with van der Waals surface area (Å²) in [6.45, 7) is 4.00. The van der Waals surface area contributed by atoms with Gasteiger partial charge in [0.15, 0.2) is 5.78 Å². The Kier molecular flexibility index (Phi) is 6.71. The molecule has 0 radical (unpaired) electrons. The number of nitrogens with zero attached hydrogens (tertiary/aromatic N) is 1. The number of hydrogen-bond acceptors (Lipinski definition) is 5. The molecule has 1 aromatic rings. The predicted octanol–water partition coefficient (Wildman–Crippen LogP) is 1.59. The number of alkyl carbamates (subject to hydrolysis) is 1. The molecule has 0 spiro atoms. The number of Topliss-reactive ketones (excluding diaryl/α,β-unsaturated/α-hetero) is 1. The molecular formula is C18H22N2O5. The number of amides is 1. The van der Waals surface area contributed by atoms with Gasteiger partial charge in [-0.25, -0.2) is 4.79 Å². The lowest BCUT2D eigenvalue weighted by atomic mass is 10.1. The van der Waals surface area contributed by atoms with E-state index in [-0.39, 0.29) is 18.9 Å². The molecule has 0 bridgehead atoms. The Morgan fingerprint density at radius 1 is 1.36 bits per heavy atom. The summed E-state index contributed by atoms with van der Waals surface area (Å²) in [5.74, 6) is -1.27. The van der Waals surface area contributed by atoms with Gasteiger partial charge in [0, 0.05) is 6.54 Å². The van der Waals surface area contributed by atoms with Gasteiger partial charge in [0.1, 0.15) is 12.6 Å². The number of ether oxygens (including phenoxy) is 1.